The number of benzene rings is 1. The Morgan fingerprint density at radius 2 is 2.29 bits per heavy atom. The summed E-state index contributed by atoms with van der Waals surface area (Å²) in [5, 5.41) is 6.56. The van der Waals surface area contributed by atoms with E-state index in [2.05, 4.69) is 23.6 Å². The van der Waals surface area contributed by atoms with Crippen LogP contribution in [0.15, 0.2) is 23.6 Å². The Morgan fingerprint density at radius 3 is 3.12 bits per heavy atom. The molecule has 0 unspecified atom stereocenters. The zero-order chi connectivity index (χ0) is 11.7. The van der Waals surface area contributed by atoms with E-state index in [0.29, 0.717) is 0 Å². The van der Waals surface area contributed by atoms with Crippen molar-refractivity contribution in [3.8, 4) is 0 Å². The van der Waals surface area contributed by atoms with Crippen LogP contribution in [0.1, 0.15) is 10.7 Å². The van der Waals surface area contributed by atoms with E-state index in [1.165, 1.54) is 0 Å². The van der Waals surface area contributed by atoms with Gasteiger partial charge in [0.05, 0.1) is 0 Å². The molecule has 0 radical (unpaired) electrons. The molecule has 0 saturated carbocycles. The third-order valence-electron chi connectivity index (χ3n) is 2.41. The molecule has 3 aromatic rings. The van der Waals surface area contributed by atoms with E-state index < -0.39 is 0 Å². The number of aromatic nitrogens is 3. The number of nitrogens with one attached hydrogen (secondary N) is 1. The van der Waals surface area contributed by atoms with E-state index in [9.17, 15) is 0 Å². The first-order valence-electron chi connectivity index (χ1n) is 5.19. The minimum absolute atomic E-state index is 0.0251. The number of nitrogens with zero attached hydrogens (tertiary/aromatic N) is 3. The molecule has 1 N–H and O–H groups in total. The molecule has 0 aliphatic heterocycles. The predicted molar refractivity (Wildman–Crippen MR) is 70.7 cm³/mol. The number of rotatable bonds is 3. The molecule has 0 aliphatic rings. The van der Waals surface area contributed by atoms with E-state index in [1.807, 2.05) is 25.1 Å². The Labute approximate surface area is 109 Å². The summed E-state index contributed by atoms with van der Waals surface area (Å²) in [6.07, 6.45) is 0. The molecule has 0 saturated heterocycles. The van der Waals surface area contributed by atoms with Gasteiger partial charge in [0.25, 0.3) is 0 Å². The van der Waals surface area contributed by atoms with Crippen LogP contribution in [0.5, 0.6) is 0 Å². The minimum atomic E-state index is 0.0251. The second kappa shape index (κ2) is 4.56. The maximum atomic E-state index is 4.43. The van der Waals surface area contributed by atoms with Gasteiger partial charge >= 0.3 is 109 Å². The van der Waals surface area contributed by atoms with Crippen molar-refractivity contribution in [3.63, 3.8) is 0 Å². The molecule has 17 heavy (non-hydrogen) atoms. The van der Waals surface area contributed by atoms with E-state index in [0.717, 1.165) is 34.0 Å². The first-order chi connectivity index (χ1) is 8.33. The molecule has 0 spiro atoms. The van der Waals surface area contributed by atoms with E-state index in [4.69, 9.17) is 0 Å². The van der Waals surface area contributed by atoms with Crippen molar-refractivity contribution >= 4 is 43.0 Å². The van der Waals surface area contributed by atoms with Gasteiger partial charge in [0.1, 0.15) is 0 Å². The van der Waals surface area contributed by atoms with Gasteiger partial charge < -0.3 is 0 Å². The quantitative estimate of drug-likeness (QED) is 0.753. The zero-order valence-electron chi connectivity index (χ0n) is 9.17. The van der Waals surface area contributed by atoms with Gasteiger partial charge in [-0.1, -0.05) is 0 Å². The summed E-state index contributed by atoms with van der Waals surface area (Å²) in [5.74, 6) is 0. The van der Waals surface area contributed by atoms with E-state index >= 15 is 0 Å². The van der Waals surface area contributed by atoms with Gasteiger partial charge in [-0.15, -0.1) is 0 Å². The molecule has 86 valence electrons. The molecule has 4 nitrogen and oxygen atoms in total. The Kier molecular flexibility index (Phi) is 2.92. The van der Waals surface area contributed by atoms with Crippen LogP contribution in [0.3, 0.4) is 0 Å². The van der Waals surface area contributed by atoms with Crippen LogP contribution in [-0.4, -0.2) is 27.9 Å². The second-order valence-corrected chi connectivity index (χ2v) is 5.82. The summed E-state index contributed by atoms with van der Waals surface area (Å²) in [5.41, 5.74) is 4.13. The fourth-order valence-electron chi connectivity index (χ4n) is 1.62. The van der Waals surface area contributed by atoms with Crippen molar-refractivity contribution in [2.45, 2.75) is 13.5 Å². The number of hydrogen-bond acceptors (Lipinski definition) is 5. The first-order valence-corrected chi connectivity index (χ1v) is 7.60. The molecule has 3 rings (SSSR count). The molecule has 2 heterocycles. The van der Waals surface area contributed by atoms with Gasteiger partial charge in [0, 0.05) is 0 Å². The van der Waals surface area contributed by atoms with Crippen LogP contribution < -0.4 is 5.32 Å². The molecule has 0 atom stereocenters. The van der Waals surface area contributed by atoms with E-state index in [1.54, 1.807) is 11.3 Å². The number of thiazole rings is 1. The van der Waals surface area contributed by atoms with Gasteiger partial charge in [0.15, 0.2) is 0 Å². The summed E-state index contributed by atoms with van der Waals surface area (Å²) >= 11 is 1.70. The van der Waals surface area contributed by atoms with Gasteiger partial charge in [-0.2, -0.15) is 0 Å². The topological polar surface area (TPSA) is 50.7 Å². The van der Waals surface area contributed by atoms with Crippen LogP contribution in [0, 0.1) is 6.92 Å². The first kappa shape index (κ1) is 10.9. The molecule has 2 aromatic heterocycles. The second-order valence-electron chi connectivity index (χ2n) is 3.65. The molecular formula is C11H10N4SSe. The van der Waals surface area contributed by atoms with Crippen LogP contribution in [-0.2, 0) is 6.54 Å². The Balaban J connectivity index is 1.83. The summed E-state index contributed by atoms with van der Waals surface area (Å²) in [7, 11) is 0. The SMILES string of the molecule is Cc1nc(CNc2cccc3n[se]nc23)cs1. The van der Waals surface area contributed by atoms with Gasteiger partial charge in [0.2, 0.25) is 0 Å². The molecule has 0 aliphatic carbocycles. The Bertz CT molecular complexity index is 646. The summed E-state index contributed by atoms with van der Waals surface area (Å²) in [6.45, 7) is 2.76. The number of anilines is 1. The molecule has 0 amide bonds. The fourth-order valence-corrected chi connectivity index (χ4v) is 3.39. The number of hydrogen-bond donors (Lipinski definition) is 1. The predicted octanol–water partition coefficient (Wildman–Crippen LogP) is 2.06. The van der Waals surface area contributed by atoms with Crippen molar-refractivity contribution < 1.29 is 0 Å². The zero-order valence-corrected chi connectivity index (χ0v) is 11.7. The third kappa shape index (κ3) is 2.24. The van der Waals surface area contributed by atoms with Gasteiger partial charge in [-0.05, 0) is 0 Å². The molecular weight excluding hydrogens is 299 g/mol. The average molecular weight is 309 g/mol. The van der Waals surface area contributed by atoms with Crippen molar-refractivity contribution in [2.24, 2.45) is 0 Å². The molecule has 1 aromatic carbocycles. The van der Waals surface area contributed by atoms with Crippen LogP contribution in [0.2, 0.25) is 0 Å². The van der Waals surface area contributed by atoms with Crippen molar-refractivity contribution in [1.29, 1.82) is 0 Å². The Morgan fingerprint density at radius 1 is 1.35 bits per heavy atom. The summed E-state index contributed by atoms with van der Waals surface area (Å²) < 4.78 is 8.79. The summed E-state index contributed by atoms with van der Waals surface area (Å²) in [4.78, 5) is 4.43. The van der Waals surface area contributed by atoms with Gasteiger partial charge in [-0.3, -0.25) is 0 Å². The van der Waals surface area contributed by atoms with Crippen LogP contribution >= 0.6 is 11.3 Å². The average Bonchev–Trinajstić information content (AvgIpc) is 2.94. The molecule has 6 heteroatoms. The van der Waals surface area contributed by atoms with Crippen LogP contribution in [0.25, 0.3) is 11.0 Å². The Hall–Kier alpha value is -1.23. The summed E-state index contributed by atoms with van der Waals surface area (Å²) in [6, 6.07) is 6.05. The molecule has 0 fully saturated rings. The maximum absolute atomic E-state index is 4.43. The van der Waals surface area contributed by atoms with Crippen LogP contribution in [0.4, 0.5) is 5.69 Å². The normalized spacial score (nSPS) is 10.9. The van der Waals surface area contributed by atoms with Crippen molar-refractivity contribution in [1.82, 2.24) is 12.9 Å². The third-order valence-corrected chi connectivity index (χ3v) is 4.37. The fraction of sp³-hybridized carbons (Fsp3) is 0.182. The van der Waals surface area contributed by atoms with Crippen molar-refractivity contribution in [3.05, 3.63) is 34.3 Å². The standard InChI is InChI=1S/C11H10N4SSe/c1-7-13-8(6-16-7)5-12-9-3-2-4-10-11(9)15-17-14-10/h2-4,6,12H,5H2,1H3. The molecule has 0 bridgehead atoms. The van der Waals surface area contributed by atoms with E-state index in [-0.39, 0.29) is 15.0 Å². The van der Waals surface area contributed by atoms with Gasteiger partial charge in [-0.25, -0.2) is 0 Å². The number of aryl methyl sites for hydroxylation is 1. The van der Waals surface area contributed by atoms with Crippen molar-refractivity contribution in [2.75, 3.05) is 5.32 Å². The monoisotopic (exact) mass is 310 g/mol. The number of fused-ring (bicyclic) bond motifs is 1.